The van der Waals surface area contributed by atoms with E-state index in [0.29, 0.717) is 6.04 Å². The third-order valence-corrected chi connectivity index (χ3v) is 5.31. The number of hydrogen-bond acceptors (Lipinski definition) is 2. The van der Waals surface area contributed by atoms with Gasteiger partial charge in [0, 0.05) is 24.4 Å². The van der Waals surface area contributed by atoms with Gasteiger partial charge in [-0.1, -0.05) is 12.5 Å². The number of nitrogens with zero attached hydrogens (tertiary/aromatic N) is 1. The van der Waals surface area contributed by atoms with Gasteiger partial charge in [-0.05, 0) is 69.0 Å². The minimum atomic E-state index is 0.597. The molecule has 2 heteroatoms. The van der Waals surface area contributed by atoms with Crippen LogP contribution in [0.1, 0.15) is 43.4 Å². The molecule has 1 aromatic heterocycles. The summed E-state index contributed by atoms with van der Waals surface area (Å²) in [6.07, 6.45) is 10.4. The molecule has 2 aliphatic carbocycles. The van der Waals surface area contributed by atoms with Gasteiger partial charge in [-0.25, -0.2) is 0 Å². The number of fused-ring (bicyclic) bond motifs is 2. The Kier molecular flexibility index (Phi) is 3.88. The average Bonchev–Trinajstić information content (AvgIpc) is 3.03. The summed E-state index contributed by atoms with van der Waals surface area (Å²) in [5.74, 6) is 3.07. The molecule has 2 saturated carbocycles. The van der Waals surface area contributed by atoms with Crippen LogP contribution in [0.25, 0.3) is 0 Å². The van der Waals surface area contributed by atoms with E-state index < -0.39 is 0 Å². The second-order valence-electron chi connectivity index (χ2n) is 6.69. The van der Waals surface area contributed by atoms with Crippen molar-refractivity contribution in [2.75, 3.05) is 7.05 Å². The first-order chi connectivity index (χ1) is 9.24. The second-order valence-corrected chi connectivity index (χ2v) is 6.69. The van der Waals surface area contributed by atoms with Crippen molar-refractivity contribution in [2.24, 2.45) is 17.8 Å². The molecule has 3 rings (SSSR count). The van der Waals surface area contributed by atoms with Crippen molar-refractivity contribution in [1.82, 2.24) is 10.3 Å². The lowest BCUT2D eigenvalue weighted by atomic mass is 9.83. The van der Waals surface area contributed by atoms with Gasteiger partial charge in [0.25, 0.3) is 0 Å². The van der Waals surface area contributed by atoms with E-state index in [9.17, 15) is 0 Å². The molecule has 4 atom stereocenters. The number of pyridine rings is 1. The van der Waals surface area contributed by atoms with Crippen LogP contribution in [0, 0.1) is 24.7 Å². The predicted octanol–water partition coefficient (Wildman–Crippen LogP) is 3.35. The van der Waals surface area contributed by atoms with Crippen molar-refractivity contribution in [1.29, 1.82) is 0 Å². The molecule has 19 heavy (non-hydrogen) atoms. The zero-order valence-corrected chi connectivity index (χ0v) is 12.2. The fourth-order valence-corrected chi connectivity index (χ4v) is 4.21. The van der Waals surface area contributed by atoms with Crippen LogP contribution in [0.2, 0.25) is 0 Å². The van der Waals surface area contributed by atoms with Crippen LogP contribution >= 0.6 is 0 Å². The van der Waals surface area contributed by atoms with Crippen molar-refractivity contribution < 1.29 is 0 Å². The topological polar surface area (TPSA) is 24.9 Å². The Balaban J connectivity index is 1.57. The SMILES string of the molecule is CNC(Cc1ccc(C)cn1)CC1CC2CCC1C2. The molecule has 2 bridgehead atoms. The molecule has 0 radical (unpaired) electrons. The van der Waals surface area contributed by atoms with Gasteiger partial charge in [-0.3, -0.25) is 4.98 Å². The zero-order valence-electron chi connectivity index (χ0n) is 12.2. The van der Waals surface area contributed by atoms with E-state index in [4.69, 9.17) is 0 Å². The number of rotatable bonds is 5. The minimum absolute atomic E-state index is 0.597. The fourth-order valence-electron chi connectivity index (χ4n) is 4.21. The molecule has 0 spiro atoms. The number of likely N-dealkylation sites (N-methyl/N-ethyl adjacent to an activating group) is 1. The van der Waals surface area contributed by atoms with E-state index >= 15 is 0 Å². The highest BCUT2D eigenvalue weighted by molar-refractivity contribution is 5.13. The van der Waals surface area contributed by atoms with Crippen LogP contribution in [0.5, 0.6) is 0 Å². The highest BCUT2D eigenvalue weighted by atomic mass is 14.9. The van der Waals surface area contributed by atoms with E-state index in [-0.39, 0.29) is 0 Å². The molecule has 2 nitrogen and oxygen atoms in total. The van der Waals surface area contributed by atoms with Crippen LogP contribution in [0.15, 0.2) is 18.3 Å². The summed E-state index contributed by atoms with van der Waals surface area (Å²) >= 11 is 0. The van der Waals surface area contributed by atoms with Crippen molar-refractivity contribution in [2.45, 2.75) is 51.5 Å². The molecular formula is C17H26N2. The maximum absolute atomic E-state index is 4.55. The monoisotopic (exact) mass is 258 g/mol. The standard InChI is InChI=1S/C17H26N2/c1-12-3-6-16(19-11-12)10-17(18-2)9-15-8-13-4-5-14(15)7-13/h3,6,11,13-15,17-18H,4-5,7-10H2,1-2H3. The van der Waals surface area contributed by atoms with E-state index in [2.05, 4.69) is 36.4 Å². The van der Waals surface area contributed by atoms with Crippen molar-refractivity contribution in [3.63, 3.8) is 0 Å². The first-order valence-electron chi connectivity index (χ1n) is 7.83. The largest absolute Gasteiger partial charge is 0.317 e. The molecular weight excluding hydrogens is 232 g/mol. The molecule has 0 aliphatic heterocycles. The van der Waals surface area contributed by atoms with Gasteiger partial charge in [-0.2, -0.15) is 0 Å². The van der Waals surface area contributed by atoms with Gasteiger partial charge in [0.05, 0.1) is 0 Å². The van der Waals surface area contributed by atoms with Gasteiger partial charge in [-0.15, -0.1) is 0 Å². The van der Waals surface area contributed by atoms with E-state index in [1.54, 1.807) is 0 Å². The number of aromatic nitrogens is 1. The third kappa shape index (κ3) is 3.00. The number of aryl methyl sites for hydroxylation is 1. The van der Waals surface area contributed by atoms with Crippen molar-refractivity contribution >= 4 is 0 Å². The Hall–Kier alpha value is -0.890. The lowest BCUT2D eigenvalue weighted by Crippen LogP contribution is -2.31. The number of nitrogens with one attached hydrogen (secondary N) is 1. The lowest BCUT2D eigenvalue weighted by molar-refractivity contribution is 0.281. The number of hydrogen-bond donors (Lipinski definition) is 1. The summed E-state index contributed by atoms with van der Waals surface area (Å²) in [5.41, 5.74) is 2.48. The van der Waals surface area contributed by atoms with E-state index in [1.165, 1.54) is 43.4 Å². The Labute approximate surface area is 117 Å². The molecule has 0 aromatic carbocycles. The Bertz CT molecular complexity index is 412. The van der Waals surface area contributed by atoms with Crippen LogP contribution < -0.4 is 5.32 Å². The molecule has 1 N–H and O–H groups in total. The summed E-state index contributed by atoms with van der Waals surface area (Å²) in [5, 5.41) is 3.51. The van der Waals surface area contributed by atoms with Crippen LogP contribution in [0.4, 0.5) is 0 Å². The quantitative estimate of drug-likeness (QED) is 0.876. The molecule has 1 aromatic rings. The van der Waals surface area contributed by atoms with Crippen molar-refractivity contribution in [3.05, 3.63) is 29.6 Å². The maximum Gasteiger partial charge on any atom is 0.0419 e. The van der Waals surface area contributed by atoms with Gasteiger partial charge in [0.15, 0.2) is 0 Å². The molecule has 0 amide bonds. The Morgan fingerprint density at radius 3 is 2.79 bits per heavy atom. The summed E-state index contributed by atoms with van der Waals surface area (Å²) in [6.45, 7) is 2.10. The summed E-state index contributed by atoms with van der Waals surface area (Å²) in [6, 6.07) is 4.95. The zero-order chi connectivity index (χ0) is 13.2. The molecule has 104 valence electrons. The van der Waals surface area contributed by atoms with E-state index in [0.717, 1.165) is 24.2 Å². The molecule has 2 aliphatic rings. The molecule has 2 fully saturated rings. The minimum Gasteiger partial charge on any atom is -0.317 e. The third-order valence-electron chi connectivity index (χ3n) is 5.31. The first kappa shape index (κ1) is 13.1. The maximum atomic E-state index is 4.55. The van der Waals surface area contributed by atoms with Crippen LogP contribution in [-0.2, 0) is 6.42 Å². The Morgan fingerprint density at radius 1 is 1.32 bits per heavy atom. The summed E-state index contributed by atoms with van der Waals surface area (Å²) in [4.78, 5) is 4.55. The summed E-state index contributed by atoms with van der Waals surface area (Å²) in [7, 11) is 2.10. The van der Waals surface area contributed by atoms with Crippen molar-refractivity contribution in [3.8, 4) is 0 Å². The molecule has 4 unspecified atom stereocenters. The van der Waals surface area contributed by atoms with Gasteiger partial charge >= 0.3 is 0 Å². The van der Waals surface area contributed by atoms with Gasteiger partial charge < -0.3 is 5.32 Å². The predicted molar refractivity (Wildman–Crippen MR) is 79.1 cm³/mol. The van der Waals surface area contributed by atoms with Crippen LogP contribution in [0.3, 0.4) is 0 Å². The summed E-state index contributed by atoms with van der Waals surface area (Å²) < 4.78 is 0. The lowest BCUT2D eigenvalue weighted by Gasteiger charge is -2.26. The highest BCUT2D eigenvalue weighted by Gasteiger charge is 2.39. The van der Waals surface area contributed by atoms with Crippen LogP contribution in [-0.4, -0.2) is 18.1 Å². The first-order valence-corrected chi connectivity index (χ1v) is 7.83. The van der Waals surface area contributed by atoms with Gasteiger partial charge in [0.1, 0.15) is 0 Å². The average molecular weight is 258 g/mol. The normalized spacial score (nSPS) is 30.7. The van der Waals surface area contributed by atoms with E-state index in [1.807, 2.05) is 6.20 Å². The smallest absolute Gasteiger partial charge is 0.0419 e. The fraction of sp³-hybridized carbons (Fsp3) is 0.706. The van der Waals surface area contributed by atoms with Gasteiger partial charge in [0.2, 0.25) is 0 Å². The second kappa shape index (κ2) is 5.62. The molecule has 0 saturated heterocycles. The Morgan fingerprint density at radius 2 is 2.21 bits per heavy atom. The molecule has 1 heterocycles. The highest BCUT2D eigenvalue weighted by Crippen LogP contribution is 2.49.